The standard InChI is InChI=1S/C14H24N2O2S/c1-3-12(4-2)10-16-19(17,18)11-14-7-5-6-13(8-14)9-15/h5-8,12,16H,3-4,9-11,15H2,1-2H3. The van der Waals surface area contributed by atoms with E-state index in [9.17, 15) is 8.42 Å². The largest absolute Gasteiger partial charge is 0.326 e. The van der Waals surface area contributed by atoms with Gasteiger partial charge in [0.2, 0.25) is 10.0 Å². The molecule has 1 rings (SSSR count). The zero-order valence-corrected chi connectivity index (χ0v) is 12.5. The van der Waals surface area contributed by atoms with Gasteiger partial charge < -0.3 is 5.73 Å². The van der Waals surface area contributed by atoms with Gasteiger partial charge in [-0.05, 0) is 17.0 Å². The highest BCUT2D eigenvalue weighted by molar-refractivity contribution is 7.88. The molecule has 0 radical (unpaired) electrons. The summed E-state index contributed by atoms with van der Waals surface area (Å²) in [5, 5.41) is 0. The molecule has 5 heteroatoms. The molecule has 1 aromatic rings. The van der Waals surface area contributed by atoms with Crippen molar-refractivity contribution in [3.63, 3.8) is 0 Å². The molecule has 0 fully saturated rings. The van der Waals surface area contributed by atoms with Crippen molar-refractivity contribution in [1.29, 1.82) is 0 Å². The zero-order valence-electron chi connectivity index (χ0n) is 11.7. The number of nitrogens with one attached hydrogen (secondary N) is 1. The van der Waals surface area contributed by atoms with Crippen LogP contribution in [0.4, 0.5) is 0 Å². The topological polar surface area (TPSA) is 72.2 Å². The summed E-state index contributed by atoms with van der Waals surface area (Å²) in [4.78, 5) is 0. The predicted molar refractivity (Wildman–Crippen MR) is 79.0 cm³/mol. The first-order chi connectivity index (χ1) is 9.00. The van der Waals surface area contributed by atoms with Crippen LogP contribution < -0.4 is 10.5 Å². The maximum Gasteiger partial charge on any atom is 0.215 e. The average Bonchev–Trinajstić information content (AvgIpc) is 2.39. The molecule has 0 aliphatic carbocycles. The molecule has 3 N–H and O–H groups in total. The molecule has 1 aromatic carbocycles. The first-order valence-corrected chi connectivity index (χ1v) is 8.41. The minimum atomic E-state index is -3.27. The molecule has 0 aliphatic heterocycles. The number of hydrogen-bond acceptors (Lipinski definition) is 3. The Morgan fingerprint density at radius 3 is 2.42 bits per heavy atom. The third-order valence-corrected chi connectivity index (χ3v) is 4.65. The van der Waals surface area contributed by atoms with Gasteiger partial charge in [0, 0.05) is 13.1 Å². The van der Waals surface area contributed by atoms with Gasteiger partial charge in [-0.25, -0.2) is 13.1 Å². The molecule has 0 saturated heterocycles. The van der Waals surface area contributed by atoms with Crippen LogP contribution in [0.5, 0.6) is 0 Å². The Labute approximate surface area is 116 Å². The van der Waals surface area contributed by atoms with Crippen LogP contribution in [0.3, 0.4) is 0 Å². The third-order valence-electron chi connectivity index (χ3n) is 3.33. The zero-order chi connectivity index (χ0) is 14.3. The number of hydrogen-bond donors (Lipinski definition) is 2. The molecule has 0 saturated carbocycles. The lowest BCUT2D eigenvalue weighted by atomic mass is 10.0. The molecule has 0 bridgehead atoms. The fourth-order valence-corrected chi connectivity index (χ4v) is 3.15. The van der Waals surface area contributed by atoms with Gasteiger partial charge >= 0.3 is 0 Å². The van der Waals surface area contributed by atoms with E-state index in [0.717, 1.165) is 24.0 Å². The maximum absolute atomic E-state index is 12.0. The first kappa shape index (κ1) is 16.1. The van der Waals surface area contributed by atoms with Gasteiger partial charge in [0.05, 0.1) is 5.75 Å². The van der Waals surface area contributed by atoms with E-state index >= 15 is 0 Å². The molecule has 19 heavy (non-hydrogen) atoms. The second-order valence-electron chi connectivity index (χ2n) is 4.81. The van der Waals surface area contributed by atoms with Gasteiger partial charge in [0.25, 0.3) is 0 Å². The number of sulfonamides is 1. The molecule has 0 heterocycles. The van der Waals surface area contributed by atoms with Crippen molar-refractivity contribution in [2.75, 3.05) is 6.54 Å². The van der Waals surface area contributed by atoms with Crippen molar-refractivity contribution >= 4 is 10.0 Å². The van der Waals surface area contributed by atoms with Crippen molar-refractivity contribution in [3.05, 3.63) is 35.4 Å². The van der Waals surface area contributed by atoms with E-state index in [1.54, 1.807) is 0 Å². The number of nitrogens with two attached hydrogens (primary N) is 1. The molecule has 0 spiro atoms. The summed E-state index contributed by atoms with van der Waals surface area (Å²) in [5.41, 5.74) is 7.28. The van der Waals surface area contributed by atoms with Crippen LogP contribution in [-0.2, 0) is 22.3 Å². The van der Waals surface area contributed by atoms with Crippen LogP contribution >= 0.6 is 0 Å². The lowest BCUT2D eigenvalue weighted by molar-refractivity contribution is 0.478. The molecular weight excluding hydrogens is 260 g/mol. The van der Waals surface area contributed by atoms with Gasteiger partial charge in [-0.3, -0.25) is 0 Å². The maximum atomic E-state index is 12.0. The first-order valence-electron chi connectivity index (χ1n) is 6.76. The summed E-state index contributed by atoms with van der Waals surface area (Å²) in [5.74, 6) is 0.422. The molecule has 0 atom stereocenters. The molecule has 4 nitrogen and oxygen atoms in total. The Balaban J connectivity index is 2.63. The van der Waals surface area contributed by atoms with Gasteiger partial charge in [-0.2, -0.15) is 0 Å². The van der Waals surface area contributed by atoms with E-state index in [1.807, 2.05) is 24.3 Å². The van der Waals surface area contributed by atoms with E-state index in [4.69, 9.17) is 5.73 Å². The SMILES string of the molecule is CCC(CC)CNS(=O)(=O)Cc1cccc(CN)c1. The van der Waals surface area contributed by atoms with Crippen molar-refractivity contribution < 1.29 is 8.42 Å². The Morgan fingerprint density at radius 1 is 1.21 bits per heavy atom. The van der Waals surface area contributed by atoms with Gasteiger partial charge in [-0.15, -0.1) is 0 Å². The van der Waals surface area contributed by atoms with E-state index < -0.39 is 10.0 Å². The monoisotopic (exact) mass is 284 g/mol. The van der Waals surface area contributed by atoms with Crippen molar-refractivity contribution in [1.82, 2.24) is 4.72 Å². The van der Waals surface area contributed by atoms with Crippen LogP contribution in [0.25, 0.3) is 0 Å². The van der Waals surface area contributed by atoms with Gasteiger partial charge in [0.1, 0.15) is 0 Å². The minimum absolute atomic E-state index is 0.0149. The summed E-state index contributed by atoms with van der Waals surface area (Å²) < 4.78 is 26.7. The fraction of sp³-hybridized carbons (Fsp3) is 0.571. The molecule has 0 unspecified atom stereocenters. The summed E-state index contributed by atoms with van der Waals surface area (Å²) in [6.07, 6.45) is 1.98. The van der Waals surface area contributed by atoms with E-state index in [-0.39, 0.29) is 5.75 Å². The van der Waals surface area contributed by atoms with Crippen LogP contribution in [0.2, 0.25) is 0 Å². The second kappa shape index (κ2) is 7.62. The smallest absolute Gasteiger partial charge is 0.215 e. The highest BCUT2D eigenvalue weighted by atomic mass is 32.2. The van der Waals surface area contributed by atoms with Crippen molar-refractivity contribution in [2.45, 2.75) is 39.0 Å². The van der Waals surface area contributed by atoms with Crippen molar-refractivity contribution in [2.24, 2.45) is 11.7 Å². The Bertz CT molecular complexity index is 482. The lowest BCUT2D eigenvalue weighted by Gasteiger charge is -2.13. The molecule has 0 aromatic heterocycles. The van der Waals surface area contributed by atoms with E-state index in [0.29, 0.717) is 19.0 Å². The highest BCUT2D eigenvalue weighted by Gasteiger charge is 2.13. The van der Waals surface area contributed by atoms with Crippen molar-refractivity contribution in [3.8, 4) is 0 Å². The third kappa shape index (κ3) is 5.72. The summed E-state index contributed by atoms with van der Waals surface area (Å²) in [7, 11) is -3.27. The van der Waals surface area contributed by atoms with Gasteiger partial charge in [0.15, 0.2) is 0 Å². The molecule has 108 valence electrons. The normalized spacial score (nSPS) is 12.0. The van der Waals surface area contributed by atoms with E-state index in [1.165, 1.54) is 0 Å². The summed E-state index contributed by atoms with van der Waals surface area (Å²) >= 11 is 0. The predicted octanol–water partition coefficient (Wildman–Crippen LogP) is 2.00. The Morgan fingerprint density at radius 2 is 1.84 bits per heavy atom. The average molecular weight is 284 g/mol. The van der Waals surface area contributed by atoms with Crippen LogP contribution in [-0.4, -0.2) is 15.0 Å². The van der Waals surface area contributed by atoms with Crippen LogP contribution in [0.1, 0.15) is 37.8 Å². The Hall–Kier alpha value is -0.910. The molecular formula is C14H24N2O2S. The van der Waals surface area contributed by atoms with Gasteiger partial charge in [-0.1, -0.05) is 51.0 Å². The van der Waals surface area contributed by atoms with Crippen LogP contribution in [0, 0.1) is 5.92 Å². The quantitative estimate of drug-likeness (QED) is 0.767. The fourth-order valence-electron chi connectivity index (χ4n) is 1.94. The second-order valence-corrected chi connectivity index (χ2v) is 6.62. The van der Waals surface area contributed by atoms with E-state index in [2.05, 4.69) is 18.6 Å². The summed E-state index contributed by atoms with van der Waals surface area (Å²) in [6.45, 7) is 5.10. The lowest BCUT2D eigenvalue weighted by Crippen LogP contribution is -2.30. The minimum Gasteiger partial charge on any atom is -0.326 e. The highest BCUT2D eigenvalue weighted by Crippen LogP contribution is 2.10. The molecule has 0 amide bonds. The Kier molecular flexibility index (Phi) is 6.48. The number of rotatable bonds is 8. The van der Waals surface area contributed by atoms with Crippen LogP contribution in [0.15, 0.2) is 24.3 Å². The summed E-state index contributed by atoms with van der Waals surface area (Å²) in [6, 6.07) is 7.40. The number of benzene rings is 1. The molecule has 0 aliphatic rings.